The molecule has 35 heavy (non-hydrogen) atoms. The lowest BCUT2D eigenvalue weighted by Crippen LogP contribution is -2.45. The van der Waals surface area contributed by atoms with Crippen LogP contribution in [0.4, 0.5) is 4.39 Å². The molecule has 0 bridgehead atoms. The number of amides is 2. The molecular weight excluding hydrogens is 447 g/mol. The smallest absolute Gasteiger partial charge is 0.250 e. The average Bonchev–Trinajstić information content (AvgIpc) is 3.46. The number of Topliss-reactive ketones (excluding diaryl/α,β-unsaturated/α-hetero) is 1. The quantitative estimate of drug-likeness (QED) is 0.568. The number of fused-ring (bicyclic) bond motifs is 1. The Bertz CT molecular complexity index is 1090. The van der Waals surface area contributed by atoms with E-state index < -0.39 is 11.7 Å². The van der Waals surface area contributed by atoms with Crippen molar-refractivity contribution in [3.63, 3.8) is 0 Å². The third kappa shape index (κ3) is 5.42. The summed E-state index contributed by atoms with van der Waals surface area (Å²) in [7, 11) is 1.77. The number of benzene rings is 1. The van der Waals surface area contributed by atoms with Gasteiger partial charge in [0.2, 0.25) is 5.91 Å². The van der Waals surface area contributed by atoms with Crippen molar-refractivity contribution in [3.05, 3.63) is 35.8 Å². The first-order chi connectivity index (χ1) is 16.8. The number of nitrogens with two attached hydrogens (primary N) is 1. The number of nitrogens with zero attached hydrogens (tertiary/aromatic N) is 2. The van der Waals surface area contributed by atoms with Crippen LogP contribution >= 0.6 is 0 Å². The Kier molecular flexibility index (Phi) is 7.89. The zero-order valence-electron chi connectivity index (χ0n) is 20.8. The van der Waals surface area contributed by atoms with Crippen molar-refractivity contribution in [2.75, 3.05) is 13.6 Å². The SMILES string of the molecule is CN[C@@H](C)C(=O)C[C@H](C(=O)N1CCC[C@H]1Cn1cc(C(N)=O)c2cc(F)ccc21)C1CCCCC1. The summed E-state index contributed by atoms with van der Waals surface area (Å²) in [6, 6.07) is 4.03. The number of likely N-dealkylation sites (tertiary alicyclic amines) is 1. The molecule has 4 rings (SSSR count). The van der Waals surface area contributed by atoms with Gasteiger partial charge in [-0.15, -0.1) is 0 Å². The van der Waals surface area contributed by atoms with Gasteiger partial charge in [0.05, 0.1) is 11.6 Å². The van der Waals surface area contributed by atoms with Crippen molar-refractivity contribution in [1.29, 1.82) is 0 Å². The predicted molar refractivity (Wildman–Crippen MR) is 133 cm³/mol. The third-order valence-electron chi connectivity index (χ3n) is 8.05. The molecular formula is C27H37FN4O3. The Morgan fingerprint density at radius 3 is 2.57 bits per heavy atom. The van der Waals surface area contributed by atoms with Crippen molar-refractivity contribution in [3.8, 4) is 0 Å². The van der Waals surface area contributed by atoms with Gasteiger partial charge in [-0.3, -0.25) is 14.4 Å². The second-order valence-electron chi connectivity index (χ2n) is 10.2. The van der Waals surface area contributed by atoms with E-state index >= 15 is 0 Å². The van der Waals surface area contributed by atoms with Crippen LogP contribution in [0.2, 0.25) is 0 Å². The van der Waals surface area contributed by atoms with E-state index in [1.54, 1.807) is 19.3 Å². The molecule has 3 N–H and O–H groups in total. The maximum Gasteiger partial charge on any atom is 0.250 e. The highest BCUT2D eigenvalue weighted by Crippen LogP contribution is 2.35. The maximum atomic E-state index is 13.9. The third-order valence-corrected chi connectivity index (χ3v) is 8.05. The number of aromatic nitrogens is 1. The summed E-state index contributed by atoms with van der Waals surface area (Å²) >= 11 is 0. The molecule has 0 radical (unpaired) electrons. The molecule has 1 aromatic heterocycles. The van der Waals surface area contributed by atoms with E-state index in [0.29, 0.717) is 18.5 Å². The van der Waals surface area contributed by atoms with E-state index in [-0.39, 0.29) is 47.6 Å². The topological polar surface area (TPSA) is 97.4 Å². The van der Waals surface area contributed by atoms with Crippen molar-refractivity contribution in [2.24, 2.45) is 17.6 Å². The summed E-state index contributed by atoms with van der Waals surface area (Å²) in [4.78, 5) is 40.7. The molecule has 2 fully saturated rings. The first-order valence-corrected chi connectivity index (χ1v) is 12.9. The highest BCUT2D eigenvalue weighted by Gasteiger charge is 2.39. The second-order valence-corrected chi connectivity index (χ2v) is 10.2. The molecule has 3 atom stereocenters. The molecule has 1 aromatic carbocycles. The van der Waals surface area contributed by atoms with Crippen molar-refractivity contribution in [2.45, 2.75) is 76.9 Å². The Morgan fingerprint density at radius 1 is 1.14 bits per heavy atom. The van der Waals surface area contributed by atoms with E-state index in [9.17, 15) is 18.8 Å². The molecule has 1 saturated heterocycles. The van der Waals surface area contributed by atoms with Crippen LogP contribution < -0.4 is 11.1 Å². The standard InChI is InChI=1S/C27H37FN4O3/c1-17(30-2)25(33)14-21(18-7-4-3-5-8-18)27(35)32-12-6-9-20(32)15-31-16-23(26(29)34)22-13-19(28)10-11-24(22)31/h10-11,13,16-18,20-21,30H,3-9,12,14-15H2,1-2H3,(H2,29,34)/t17-,20-,21-/m0/s1. The van der Waals surface area contributed by atoms with Crippen LogP contribution in [0.1, 0.15) is 68.6 Å². The minimum atomic E-state index is -0.603. The second kappa shape index (κ2) is 10.9. The molecule has 2 heterocycles. The molecule has 190 valence electrons. The number of carbonyl (C=O) groups excluding carboxylic acids is 3. The number of carbonyl (C=O) groups is 3. The Labute approximate surface area is 206 Å². The summed E-state index contributed by atoms with van der Waals surface area (Å²) < 4.78 is 15.8. The summed E-state index contributed by atoms with van der Waals surface area (Å²) in [6.07, 6.45) is 9.06. The summed E-state index contributed by atoms with van der Waals surface area (Å²) in [5.74, 6) is -0.928. The molecule has 1 saturated carbocycles. The number of nitrogens with one attached hydrogen (secondary N) is 1. The number of hydrogen-bond acceptors (Lipinski definition) is 4. The van der Waals surface area contributed by atoms with Crippen molar-refractivity contribution in [1.82, 2.24) is 14.8 Å². The minimum Gasteiger partial charge on any atom is -0.366 e. The monoisotopic (exact) mass is 484 g/mol. The van der Waals surface area contributed by atoms with E-state index in [1.165, 1.54) is 18.6 Å². The fourth-order valence-corrected chi connectivity index (χ4v) is 5.92. The van der Waals surface area contributed by atoms with Gasteiger partial charge >= 0.3 is 0 Å². The summed E-state index contributed by atoms with van der Waals surface area (Å²) in [5.41, 5.74) is 6.56. The maximum absolute atomic E-state index is 13.9. The molecule has 0 unspecified atom stereocenters. The van der Waals surface area contributed by atoms with Crippen LogP contribution in [0.5, 0.6) is 0 Å². The van der Waals surface area contributed by atoms with E-state index in [0.717, 1.165) is 44.0 Å². The normalized spacial score (nSPS) is 20.8. The number of halogens is 1. The van der Waals surface area contributed by atoms with Crippen molar-refractivity contribution >= 4 is 28.5 Å². The molecule has 1 aliphatic heterocycles. The predicted octanol–water partition coefficient (Wildman–Crippen LogP) is 3.63. The van der Waals surface area contributed by atoms with Crippen LogP contribution in [0.3, 0.4) is 0 Å². The molecule has 2 amide bonds. The van der Waals surface area contributed by atoms with Gasteiger partial charge < -0.3 is 20.5 Å². The van der Waals surface area contributed by atoms with Crippen LogP contribution in [-0.2, 0) is 16.1 Å². The fraction of sp³-hybridized carbons (Fsp3) is 0.593. The Hall–Kier alpha value is -2.74. The van der Waals surface area contributed by atoms with Crippen molar-refractivity contribution < 1.29 is 18.8 Å². The summed E-state index contributed by atoms with van der Waals surface area (Å²) in [5, 5.41) is 3.50. The lowest BCUT2D eigenvalue weighted by molar-refractivity contribution is -0.141. The van der Waals surface area contributed by atoms with E-state index in [1.807, 2.05) is 16.4 Å². The highest BCUT2D eigenvalue weighted by molar-refractivity contribution is 6.06. The van der Waals surface area contributed by atoms with Crippen LogP contribution in [0, 0.1) is 17.7 Å². The number of ketones is 1. The Balaban J connectivity index is 1.58. The van der Waals surface area contributed by atoms with Crippen LogP contribution in [0.25, 0.3) is 10.9 Å². The molecule has 0 spiro atoms. The molecule has 7 nitrogen and oxygen atoms in total. The minimum absolute atomic E-state index is 0.0493. The lowest BCUT2D eigenvalue weighted by atomic mass is 9.76. The first-order valence-electron chi connectivity index (χ1n) is 12.9. The van der Waals surface area contributed by atoms with Gasteiger partial charge in [0.25, 0.3) is 5.91 Å². The van der Waals surface area contributed by atoms with Gasteiger partial charge in [-0.1, -0.05) is 19.3 Å². The van der Waals surface area contributed by atoms with Gasteiger partial charge in [-0.2, -0.15) is 0 Å². The van der Waals surface area contributed by atoms with Crippen LogP contribution in [-0.4, -0.2) is 52.7 Å². The molecule has 2 aliphatic rings. The zero-order chi connectivity index (χ0) is 25.1. The van der Waals surface area contributed by atoms with Gasteiger partial charge in [0.15, 0.2) is 0 Å². The van der Waals surface area contributed by atoms with E-state index in [4.69, 9.17) is 5.73 Å². The highest BCUT2D eigenvalue weighted by atomic mass is 19.1. The molecule has 1 aliphatic carbocycles. The number of hydrogen-bond donors (Lipinski definition) is 2. The van der Waals surface area contributed by atoms with Gasteiger partial charge in [-0.05, 0) is 63.8 Å². The summed E-state index contributed by atoms with van der Waals surface area (Å²) in [6.45, 7) is 3.01. The first kappa shape index (κ1) is 25.4. The van der Waals surface area contributed by atoms with Gasteiger partial charge in [0, 0.05) is 48.6 Å². The van der Waals surface area contributed by atoms with E-state index in [2.05, 4.69) is 5.32 Å². The molecule has 2 aromatic rings. The number of primary amides is 1. The lowest BCUT2D eigenvalue weighted by Gasteiger charge is -2.35. The number of rotatable bonds is 9. The molecule has 8 heteroatoms. The average molecular weight is 485 g/mol. The zero-order valence-corrected chi connectivity index (χ0v) is 20.8. The van der Waals surface area contributed by atoms with Crippen LogP contribution in [0.15, 0.2) is 24.4 Å². The fourth-order valence-electron chi connectivity index (χ4n) is 5.92. The largest absolute Gasteiger partial charge is 0.366 e. The van der Waals surface area contributed by atoms with Gasteiger partial charge in [0.1, 0.15) is 11.6 Å². The van der Waals surface area contributed by atoms with Gasteiger partial charge in [-0.25, -0.2) is 4.39 Å². The number of likely N-dealkylation sites (N-methyl/N-ethyl adjacent to an activating group) is 1. The Morgan fingerprint density at radius 2 is 1.89 bits per heavy atom.